The van der Waals surface area contributed by atoms with Gasteiger partial charge >= 0.3 is 17.9 Å². The van der Waals surface area contributed by atoms with Gasteiger partial charge in [0.05, 0.1) is 0 Å². The van der Waals surface area contributed by atoms with Gasteiger partial charge in [-0.1, -0.05) is 234 Å². The van der Waals surface area contributed by atoms with E-state index in [0.717, 1.165) is 89.9 Å². The van der Waals surface area contributed by atoms with E-state index in [0.29, 0.717) is 19.3 Å². The first-order chi connectivity index (χ1) is 34.5. The van der Waals surface area contributed by atoms with E-state index in [9.17, 15) is 14.4 Å². The Hall–Kier alpha value is -3.67. The first-order valence-electron chi connectivity index (χ1n) is 29.2. The van der Waals surface area contributed by atoms with Gasteiger partial charge in [-0.25, -0.2) is 0 Å². The number of unbranched alkanes of at least 4 members (excludes halogenated alkanes) is 25. The van der Waals surface area contributed by atoms with Gasteiger partial charge in [-0.3, -0.25) is 14.4 Å². The summed E-state index contributed by atoms with van der Waals surface area (Å²) in [7, 11) is 0. The minimum atomic E-state index is -0.820. The Labute approximate surface area is 432 Å². The van der Waals surface area contributed by atoms with Crippen LogP contribution in [0.3, 0.4) is 0 Å². The summed E-state index contributed by atoms with van der Waals surface area (Å²) in [5, 5.41) is 0. The van der Waals surface area contributed by atoms with Gasteiger partial charge in [0.2, 0.25) is 0 Å². The van der Waals surface area contributed by atoms with Crippen molar-refractivity contribution in [2.45, 2.75) is 277 Å². The van der Waals surface area contributed by atoms with Crippen LogP contribution in [-0.2, 0) is 28.6 Å². The van der Waals surface area contributed by atoms with E-state index in [1.165, 1.54) is 135 Å². The fourth-order valence-corrected chi connectivity index (χ4v) is 7.91. The van der Waals surface area contributed by atoms with Crippen LogP contribution in [0.5, 0.6) is 0 Å². The molecule has 0 aliphatic heterocycles. The van der Waals surface area contributed by atoms with Crippen molar-refractivity contribution in [1.82, 2.24) is 0 Å². The molecule has 0 aromatic heterocycles. The highest BCUT2D eigenvalue weighted by Crippen LogP contribution is 2.14. The lowest BCUT2D eigenvalue weighted by molar-refractivity contribution is -0.167. The van der Waals surface area contributed by atoms with Crippen LogP contribution < -0.4 is 0 Å². The number of carbonyl (C=O) groups is 3. The third-order valence-corrected chi connectivity index (χ3v) is 12.3. The summed E-state index contributed by atoms with van der Waals surface area (Å²) < 4.78 is 16.8. The Bertz CT molecular complexity index is 1400. The minimum absolute atomic E-state index is 0.110. The van der Waals surface area contributed by atoms with Crippen molar-refractivity contribution < 1.29 is 28.6 Å². The molecule has 6 heteroatoms. The van der Waals surface area contributed by atoms with E-state index in [-0.39, 0.29) is 37.5 Å². The van der Waals surface area contributed by atoms with Gasteiger partial charge in [0.15, 0.2) is 6.10 Å². The molecule has 0 saturated carbocycles. The van der Waals surface area contributed by atoms with Crippen LogP contribution in [0.2, 0.25) is 0 Å². The Balaban J connectivity index is 4.50. The molecule has 0 bridgehead atoms. The Kier molecular flexibility index (Phi) is 54.9. The fourth-order valence-electron chi connectivity index (χ4n) is 7.91. The highest BCUT2D eigenvalue weighted by molar-refractivity contribution is 5.71. The molecule has 0 fully saturated rings. The number of esters is 3. The molecule has 0 N–H and O–H groups in total. The number of rotatable bonds is 52. The third-order valence-electron chi connectivity index (χ3n) is 12.3. The molecular formula is C64H108O6. The van der Waals surface area contributed by atoms with Crippen LogP contribution in [0, 0.1) is 0 Å². The molecule has 0 aromatic carbocycles. The summed E-state index contributed by atoms with van der Waals surface area (Å²) >= 11 is 0. The van der Waals surface area contributed by atoms with Gasteiger partial charge < -0.3 is 14.2 Å². The molecule has 0 aliphatic carbocycles. The molecule has 0 saturated heterocycles. The van der Waals surface area contributed by atoms with E-state index >= 15 is 0 Å². The number of hydrogen-bond donors (Lipinski definition) is 0. The maximum Gasteiger partial charge on any atom is 0.306 e. The van der Waals surface area contributed by atoms with Crippen molar-refractivity contribution in [3.05, 3.63) is 97.2 Å². The molecule has 6 nitrogen and oxygen atoms in total. The van der Waals surface area contributed by atoms with Crippen LogP contribution in [0.15, 0.2) is 97.2 Å². The van der Waals surface area contributed by atoms with Gasteiger partial charge in [0.1, 0.15) is 13.2 Å². The molecule has 0 aromatic rings. The summed E-state index contributed by atoms with van der Waals surface area (Å²) in [5.41, 5.74) is 0. The van der Waals surface area contributed by atoms with Gasteiger partial charge in [-0.15, -0.1) is 0 Å². The molecule has 0 rings (SSSR count). The van der Waals surface area contributed by atoms with Gasteiger partial charge in [0, 0.05) is 19.3 Å². The molecule has 0 aliphatic rings. The average Bonchev–Trinajstić information content (AvgIpc) is 3.36. The van der Waals surface area contributed by atoms with Crippen molar-refractivity contribution in [3.63, 3.8) is 0 Å². The molecule has 1 atom stereocenters. The lowest BCUT2D eigenvalue weighted by atomic mass is 10.1. The fraction of sp³-hybridized carbons (Fsp3) is 0.703. The molecule has 0 radical (unpaired) electrons. The van der Waals surface area contributed by atoms with Crippen molar-refractivity contribution in [3.8, 4) is 0 Å². The van der Waals surface area contributed by atoms with E-state index in [1.54, 1.807) is 0 Å². The first kappa shape index (κ1) is 66.3. The predicted molar refractivity (Wildman–Crippen MR) is 302 cm³/mol. The number of ether oxygens (including phenoxy) is 3. The molecule has 70 heavy (non-hydrogen) atoms. The molecule has 400 valence electrons. The smallest absolute Gasteiger partial charge is 0.306 e. The monoisotopic (exact) mass is 973 g/mol. The maximum absolute atomic E-state index is 12.8. The zero-order valence-electron chi connectivity index (χ0n) is 45.8. The summed E-state index contributed by atoms with van der Waals surface area (Å²) in [6.45, 7) is 6.46. The van der Waals surface area contributed by atoms with Gasteiger partial charge in [-0.2, -0.15) is 0 Å². The molecule has 0 heterocycles. The zero-order chi connectivity index (χ0) is 50.7. The SMILES string of the molecule is CC/C=C\C/C=C\C/C=C\C/C=C\CCCCCC(=O)OCC(COC(=O)CCCCCCCCC/C=C\CCCCCCCCCC)OC(=O)CCC/C=C\C/C=C\C/C=C\CCCCCCCC. The van der Waals surface area contributed by atoms with Crippen LogP contribution in [0.25, 0.3) is 0 Å². The Morgan fingerprint density at radius 1 is 0.300 bits per heavy atom. The van der Waals surface area contributed by atoms with Crippen LogP contribution >= 0.6 is 0 Å². The standard InChI is InChI=1S/C64H108O6/c1-4-7-10-13-16-19-22-25-28-31-32-34-36-39-42-45-48-51-54-57-63(66)69-60-61(59-68-62(65)56-53-50-47-44-41-38-35-30-27-24-21-18-15-12-9-6-3)70-64(67)58-55-52-49-46-43-40-37-33-29-26-23-20-17-14-11-8-5-2/h9,12,18,21,26-27,29-32,37-38,40-41,46,49,61H,4-8,10-11,13-17,19-20,22-25,28,33-36,39,42-45,47-48,50-60H2,1-3H3/b12-9-,21-18-,29-26-,30-27-,32-31-,40-37-,41-38-,49-46-. The predicted octanol–water partition coefficient (Wildman–Crippen LogP) is 19.7. The summed E-state index contributed by atoms with van der Waals surface area (Å²) in [6, 6.07) is 0. The van der Waals surface area contributed by atoms with Crippen molar-refractivity contribution in [2.24, 2.45) is 0 Å². The van der Waals surface area contributed by atoms with Crippen molar-refractivity contribution in [2.75, 3.05) is 13.2 Å². The Morgan fingerprint density at radius 2 is 0.571 bits per heavy atom. The van der Waals surface area contributed by atoms with E-state index in [1.807, 2.05) is 0 Å². The first-order valence-corrected chi connectivity index (χ1v) is 29.2. The Morgan fingerprint density at radius 3 is 0.943 bits per heavy atom. The molecule has 0 amide bonds. The summed E-state index contributed by atoms with van der Waals surface area (Å²) in [4.78, 5) is 38.2. The number of hydrogen-bond acceptors (Lipinski definition) is 6. The van der Waals surface area contributed by atoms with Crippen molar-refractivity contribution in [1.29, 1.82) is 0 Å². The number of carbonyl (C=O) groups excluding carboxylic acids is 3. The summed E-state index contributed by atoms with van der Waals surface area (Å²) in [5.74, 6) is -0.996. The van der Waals surface area contributed by atoms with E-state index in [2.05, 4.69) is 118 Å². The largest absolute Gasteiger partial charge is 0.462 e. The third kappa shape index (κ3) is 55.3. The second-order valence-electron chi connectivity index (χ2n) is 19.2. The molecule has 0 spiro atoms. The van der Waals surface area contributed by atoms with Crippen LogP contribution in [-0.4, -0.2) is 37.2 Å². The zero-order valence-corrected chi connectivity index (χ0v) is 45.8. The van der Waals surface area contributed by atoms with E-state index in [4.69, 9.17) is 14.2 Å². The lowest BCUT2D eigenvalue weighted by Gasteiger charge is -2.18. The minimum Gasteiger partial charge on any atom is -0.462 e. The maximum atomic E-state index is 12.8. The average molecular weight is 974 g/mol. The quantitative estimate of drug-likeness (QED) is 0.0262. The molecular weight excluding hydrogens is 865 g/mol. The van der Waals surface area contributed by atoms with Crippen LogP contribution in [0.4, 0.5) is 0 Å². The van der Waals surface area contributed by atoms with Crippen molar-refractivity contribution >= 4 is 17.9 Å². The second kappa shape index (κ2) is 57.9. The van der Waals surface area contributed by atoms with Gasteiger partial charge in [-0.05, 0) is 116 Å². The van der Waals surface area contributed by atoms with Gasteiger partial charge in [0.25, 0.3) is 0 Å². The highest BCUT2D eigenvalue weighted by Gasteiger charge is 2.19. The second-order valence-corrected chi connectivity index (χ2v) is 19.2. The van der Waals surface area contributed by atoms with Crippen LogP contribution in [0.1, 0.15) is 271 Å². The lowest BCUT2D eigenvalue weighted by Crippen LogP contribution is -2.30. The molecule has 1 unspecified atom stereocenters. The topological polar surface area (TPSA) is 78.9 Å². The normalized spacial score (nSPS) is 12.8. The number of allylic oxidation sites excluding steroid dienone is 16. The highest BCUT2D eigenvalue weighted by atomic mass is 16.6. The van der Waals surface area contributed by atoms with E-state index < -0.39 is 6.10 Å². The summed E-state index contributed by atoms with van der Waals surface area (Å²) in [6.07, 6.45) is 76.9.